The van der Waals surface area contributed by atoms with Gasteiger partial charge in [0.25, 0.3) is 0 Å². The number of hydrogen-bond acceptors (Lipinski definition) is 5. The van der Waals surface area contributed by atoms with Gasteiger partial charge < -0.3 is 15.3 Å². The van der Waals surface area contributed by atoms with E-state index in [-0.39, 0.29) is 18.1 Å². The van der Waals surface area contributed by atoms with Gasteiger partial charge in [0.15, 0.2) is 0 Å². The lowest BCUT2D eigenvalue weighted by Gasteiger charge is -2.19. The Labute approximate surface area is 267 Å². The lowest BCUT2D eigenvalue weighted by Crippen LogP contribution is -2.29. The van der Waals surface area contributed by atoms with Crippen LogP contribution in [0.15, 0.2) is 70.6 Å². The van der Waals surface area contributed by atoms with E-state index in [9.17, 15) is 9.90 Å². The van der Waals surface area contributed by atoms with Crippen molar-refractivity contribution in [2.45, 2.75) is 81.1 Å². The smallest absolute Gasteiger partial charge is 0.231 e. The van der Waals surface area contributed by atoms with Gasteiger partial charge in [-0.25, -0.2) is 0 Å². The van der Waals surface area contributed by atoms with Gasteiger partial charge in [-0.05, 0) is 97.9 Å². The van der Waals surface area contributed by atoms with Crippen LogP contribution in [0.2, 0.25) is 0 Å². The summed E-state index contributed by atoms with van der Waals surface area (Å²) in [6, 6.07) is 6.42. The molecule has 2 aromatic heterocycles. The SMILES string of the molecule is C=C(CC(=O)N1CCc2cc(-c3csc(=C(/CC)c4cnn(C)c4)/c3=C(\C)NC)ccc21)/C(O)=C(/C)C(CC)=C(C)C.CC. The van der Waals surface area contributed by atoms with Crippen LogP contribution in [0.25, 0.3) is 22.4 Å². The monoisotopic (exact) mass is 614 g/mol. The Morgan fingerprint density at radius 3 is 2.41 bits per heavy atom. The molecule has 0 fully saturated rings. The second-order valence-corrected chi connectivity index (χ2v) is 12.1. The number of aliphatic hydroxyl groups excluding tert-OH is 1. The molecule has 3 aromatic rings. The predicted molar refractivity (Wildman–Crippen MR) is 188 cm³/mol. The highest BCUT2D eigenvalue weighted by Crippen LogP contribution is 2.33. The maximum absolute atomic E-state index is 13.4. The van der Waals surface area contributed by atoms with Crippen LogP contribution in [-0.4, -0.2) is 34.4 Å². The molecule has 0 atom stereocenters. The van der Waals surface area contributed by atoms with Gasteiger partial charge in [0.05, 0.1) is 12.6 Å². The van der Waals surface area contributed by atoms with Gasteiger partial charge in [-0.3, -0.25) is 9.48 Å². The summed E-state index contributed by atoms with van der Waals surface area (Å²) < 4.78 is 3.10. The van der Waals surface area contributed by atoms with Crippen molar-refractivity contribution in [1.29, 1.82) is 0 Å². The first-order valence-corrected chi connectivity index (χ1v) is 16.6. The molecule has 6 nitrogen and oxygen atoms in total. The molecule has 0 saturated carbocycles. The fourth-order valence-electron chi connectivity index (χ4n) is 5.95. The van der Waals surface area contributed by atoms with Crippen molar-refractivity contribution < 1.29 is 9.90 Å². The molecule has 1 aliphatic rings. The van der Waals surface area contributed by atoms with E-state index in [0.717, 1.165) is 64.1 Å². The van der Waals surface area contributed by atoms with Crippen LogP contribution >= 0.6 is 11.3 Å². The summed E-state index contributed by atoms with van der Waals surface area (Å²) in [4.78, 5) is 15.2. The predicted octanol–water partition coefficient (Wildman–Crippen LogP) is 7.55. The summed E-state index contributed by atoms with van der Waals surface area (Å²) in [7, 11) is 3.91. The first kappa shape index (κ1) is 34.6. The first-order chi connectivity index (χ1) is 21.0. The van der Waals surface area contributed by atoms with Crippen LogP contribution in [0, 0.1) is 0 Å². The van der Waals surface area contributed by atoms with Crippen LogP contribution < -0.4 is 20.0 Å². The summed E-state index contributed by atoms with van der Waals surface area (Å²) in [5.74, 6) is 0.0836. The molecule has 0 radical (unpaired) electrons. The van der Waals surface area contributed by atoms with Crippen molar-refractivity contribution in [3.8, 4) is 11.1 Å². The zero-order valence-corrected chi connectivity index (χ0v) is 29.1. The molecule has 1 aromatic carbocycles. The zero-order valence-electron chi connectivity index (χ0n) is 28.3. The Morgan fingerprint density at radius 2 is 1.84 bits per heavy atom. The topological polar surface area (TPSA) is 70.4 Å². The van der Waals surface area contributed by atoms with E-state index in [1.165, 1.54) is 20.9 Å². The molecule has 1 amide bonds. The largest absolute Gasteiger partial charge is 0.507 e. The van der Waals surface area contributed by atoms with Crippen molar-refractivity contribution >= 4 is 34.2 Å². The lowest BCUT2D eigenvalue weighted by atomic mass is 9.96. The highest BCUT2D eigenvalue weighted by atomic mass is 32.1. The number of aromatic nitrogens is 2. The maximum atomic E-state index is 13.4. The molecule has 7 heteroatoms. The van der Waals surface area contributed by atoms with Crippen LogP contribution in [0.1, 0.15) is 85.8 Å². The van der Waals surface area contributed by atoms with E-state index in [4.69, 9.17) is 0 Å². The second-order valence-electron chi connectivity index (χ2n) is 11.2. The van der Waals surface area contributed by atoms with E-state index < -0.39 is 0 Å². The van der Waals surface area contributed by atoms with Gasteiger partial charge in [-0.15, -0.1) is 11.3 Å². The van der Waals surface area contributed by atoms with Crippen molar-refractivity contribution in [1.82, 2.24) is 15.1 Å². The Hall–Kier alpha value is -3.84. The fourth-order valence-corrected chi connectivity index (χ4v) is 7.23. The molecular weight excluding hydrogens is 565 g/mol. The number of hydrogen-bond donors (Lipinski definition) is 2. The molecule has 3 heterocycles. The highest BCUT2D eigenvalue weighted by Gasteiger charge is 2.26. The Balaban J connectivity index is 0.00000259. The minimum Gasteiger partial charge on any atom is -0.507 e. The number of rotatable bonds is 9. The summed E-state index contributed by atoms with van der Waals surface area (Å²) in [6.07, 6.45) is 6.62. The molecule has 0 spiro atoms. The standard InChI is InChI=1S/C35H44N4O2S.C2H6/c1-10-28(21(3)4)23(6)34(41)22(5)16-32(40)39-15-14-26-17-25(12-13-31(26)39)30-20-42-35(33(30)24(7)36-8)29(11-2)27-18-37-38(9)19-27;1-2/h12-13,17-20,36,41H,5,10-11,14-16H2,1-4,6-9H3;1-2H3/b33-24+,34-23+,35-29-;. The van der Waals surface area contributed by atoms with E-state index in [1.807, 2.05) is 64.5 Å². The summed E-state index contributed by atoms with van der Waals surface area (Å²) in [5, 5.41) is 22.1. The van der Waals surface area contributed by atoms with Crippen LogP contribution in [0.5, 0.6) is 0 Å². The molecule has 4 rings (SSSR count). The van der Waals surface area contributed by atoms with Crippen LogP contribution in [0.3, 0.4) is 0 Å². The van der Waals surface area contributed by atoms with Crippen LogP contribution in [0.4, 0.5) is 5.69 Å². The highest BCUT2D eigenvalue weighted by molar-refractivity contribution is 7.08. The number of amides is 1. The Kier molecular flexibility index (Phi) is 12.0. The zero-order chi connectivity index (χ0) is 32.7. The van der Waals surface area contributed by atoms with E-state index >= 15 is 0 Å². The minimum absolute atomic E-state index is 0.0439. The number of allylic oxidation sites excluding steroid dienone is 4. The number of fused-ring (bicyclic) bond motifs is 1. The number of aryl methyl sites for hydroxylation is 1. The molecule has 44 heavy (non-hydrogen) atoms. The number of nitrogens with one attached hydrogen (secondary N) is 1. The van der Waals surface area contributed by atoms with E-state index in [1.54, 1.807) is 11.3 Å². The summed E-state index contributed by atoms with van der Waals surface area (Å²) >= 11 is 1.77. The summed E-state index contributed by atoms with van der Waals surface area (Å²) in [6.45, 7) is 21.1. The number of thiophene rings is 1. The molecule has 0 unspecified atom stereocenters. The van der Waals surface area contributed by atoms with Gasteiger partial charge in [0.1, 0.15) is 5.76 Å². The van der Waals surface area contributed by atoms with Gasteiger partial charge >= 0.3 is 0 Å². The maximum Gasteiger partial charge on any atom is 0.231 e. The molecule has 0 saturated heterocycles. The fraction of sp³-hybridized carbons (Fsp3) is 0.405. The third-order valence-corrected chi connectivity index (χ3v) is 9.31. The molecule has 0 aliphatic carbocycles. The normalized spacial score (nSPS) is 14.2. The Morgan fingerprint density at radius 1 is 1.14 bits per heavy atom. The van der Waals surface area contributed by atoms with E-state index in [2.05, 4.69) is 67.5 Å². The van der Waals surface area contributed by atoms with Crippen molar-refractivity contribution in [3.05, 3.63) is 91.5 Å². The minimum atomic E-state index is -0.0439. The molecule has 1 aliphatic heterocycles. The lowest BCUT2D eigenvalue weighted by molar-refractivity contribution is -0.117. The number of aliphatic hydroxyl groups is 1. The van der Waals surface area contributed by atoms with Crippen molar-refractivity contribution in [2.75, 3.05) is 18.5 Å². The molecule has 0 bridgehead atoms. The number of benzene rings is 1. The van der Waals surface area contributed by atoms with E-state index in [0.29, 0.717) is 12.1 Å². The quantitative estimate of drug-likeness (QED) is 0.193. The number of carbonyl (C=O) groups excluding carboxylic acids is 1. The van der Waals surface area contributed by atoms with Crippen LogP contribution in [-0.2, 0) is 18.3 Å². The van der Waals surface area contributed by atoms with Crippen molar-refractivity contribution in [3.63, 3.8) is 0 Å². The average molecular weight is 615 g/mol. The van der Waals surface area contributed by atoms with Gasteiger partial charge in [-0.2, -0.15) is 5.10 Å². The Bertz CT molecular complexity index is 1710. The first-order valence-electron chi connectivity index (χ1n) is 15.7. The molecule has 2 N–H and O–H groups in total. The second kappa shape index (κ2) is 15.2. The number of carbonyl (C=O) groups is 1. The number of anilines is 1. The third kappa shape index (κ3) is 7.10. The molecular formula is C37H50N4O2S. The van der Waals surface area contributed by atoms with Gasteiger partial charge in [0.2, 0.25) is 5.91 Å². The average Bonchev–Trinajstić information content (AvgIpc) is 3.76. The third-order valence-electron chi connectivity index (χ3n) is 8.27. The summed E-state index contributed by atoms with van der Waals surface area (Å²) in [5.41, 5.74) is 11.5. The molecule has 236 valence electrons. The number of nitrogens with zero attached hydrogens (tertiary/aromatic N) is 3. The van der Waals surface area contributed by atoms with Crippen molar-refractivity contribution in [2.24, 2.45) is 7.05 Å². The van der Waals surface area contributed by atoms with Gasteiger partial charge in [-0.1, -0.05) is 45.9 Å². The van der Waals surface area contributed by atoms with Gasteiger partial charge in [0, 0.05) is 59.1 Å².